The zero-order valence-electron chi connectivity index (χ0n) is 11.8. The Balaban J connectivity index is 2.51. The van der Waals surface area contributed by atoms with E-state index in [1.54, 1.807) is 0 Å². The lowest BCUT2D eigenvalue weighted by Gasteiger charge is -2.27. The minimum atomic E-state index is -0.251. The number of hydrogen-bond donors (Lipinski definition) is 2. The minimum absolute atomic E-state index is 0.0923. The highest BCUT2D eigenvalue weighted by molar-refractivity contribution is 5.75. The highest BCUT2D eigenvalue weighted by Gasteiger charge is 2.21. The molecule has 0 aliphatic rings. The van der Waals surface area contributed by atoms with Crippen molar-refractivity contribution in [3.63, 3.8) is 0 Å². The van der Waals surface area contributed by atoms with Gasteiger partial charge in [0.25, 0.3) is 0 Å². The van der Waals surface area contributed by atoms with Crippen molar-refractivity contribution in [2.45, 2.75) is 52.1 Å². The lowest BCUT2D eigenvalue weighted by atomic mass is 9.95. The van der Waals surface area contributed by atoms with Gasteiger partial charge in [-0.05, 0) is 39.2 Å². The van der Waals surface area contributed by atoms with Crippen molar-refractivity contribution in [2.75, 3.05) is 0 Å². The van der Waals surface area contributed by atoms with Crippen molar-refractivity contribution in [1.82, 2.24) is 10.6 Å². The quantitative estimate of drug-likeness (QED) is 0.826. The molecule has 18 heavy (non-hydrogen) atoms. The predicted octanol–water partition coefficient (Wildman–Crippen LogP) is 3.11. The van der Waals surface area contributed by atoms with Crippen molar-refractivity contribution in [2.24, 2.45) is 0 Å². The van der Waals surface area contributed by atoms with Crippen LogP contribution in [0.3, 0.4) is 0 Å². The maximum absolute atomic E-state index is 11.8. The third kappa shape index (κ3) is 5.21. The topological polar surface area (TPSA) is 41.1 Å². The summed E-state index contributed by atoms with van der Waals surface area (Å²) in [4.78, 5) is 11.8. The van der Waals surface area contributed by atoms with Gasteiger partial charge in [0.1, 0.15) is 0 Å². The van der Waals surface area contributed by atoms with E-state index < -0.39 is 0 Å². The first-order valence-corrected chi connectivity index (χ1v) is 6.55. The van der Waals surface area contributed by atoms with E-state index in [0.29, 0.717) is 0 Å². The molecule has 0 heterocycles. The Morgan fingerprint density at radius 1 is 1.28 bits per heavy atom. The molecule has 1 aromatic rings. The number of amides is 2. The van der Waals surface area contributed by atoms with Crippen LogP contribution in [0.25, 0.3) is 0 Å². The van der Waals surface area contributed by atoms with Gasteiger partial charge in [-0.1, -0.05) is 37.3 Å². The van der Waals surface area contributed by atoms with E-state index in [4.69, 9.17) is 0 Å². The molecule has 0 saturated carbocycles. The molecule has 3 nitrogen and oxygen atoms in total. The number of hydrogen-bond acceptors (Lipinski definition) is 1. The van der Waals surface area contributed by atoms with E-state index in [0.717, 1.165) is 12.8 Å². The van der Waals surface area contributed by atoms with Gasteiger partial charge < -0.3 is 10.6 Å². The fourth-order valence-corrected chi connectivity index (χ4v) is 1.82. The van der Waals surface area contributed by atoms with E-state index in [1.807, 2.05) is 39.0 Å². The van der Waals surface area contributed by atoms with Crippen LogP contribution in [0.5, 0.6) is 0 Å². The van der Waals surface area contributed by atoms with Crippen molar-refractivity contribution >= 4 is 6.03 Å². The fourth-order valence-electron chi connectivity index (χ4n) is 1.82. The predicted molar refractivity (Wildman–Crippen MR) is 75.6 cm³/mol. The lowest BCUT2D eigenvalue weighted by molar-refractivity contribution is 0.226. The van der Waals surface area contributed by atoms with E-state index in [1.165, 1.54) is 5.56 Å². The van der Waals surface area contributed by atoms with Crippen molar-refractivity contribution in [3.05, 3.63) is 35.9 Å². The van der Waals surface area contributed by atoms with Gasteiger partial charge in [0.05, 0.1) is 0 Å². The van der Waals surface area contributed by atoms with Crippen LogP contribution in [0.4, 0.5) is 4.79 Å². The number of carbonyl (C=O) groups excluding carboxylic acids is 1. The minimum Gasteiger partial charge on any atom is -0.336 e. The van der Waals surface area contributed by atoms with Crippen LogP contribution in [0.1, 0.15) is 39.7 Å². The lowest BCUT2D eigenvalue weighted by Crippen LogP contribution is -2.51. The summed E-state index contributed by atoms with van der Waals surface area (Å²) < 4.78 is 0. The highest BCUT2D eigenvalue weighted by Crippen LogP contribution is 2.12. The van der Waals surface area contributed by atoms with Crippen molar-refractivity contribution < 1.29 is 4.79 Å². The molecule has 100 valence electrons. The molecule has 3 heteroatoms. The van der Waals surface area contributed by atoms with Gasteiger partial charge in [-0.25, -0.2) is 4.79 Å². The molecular formula is C15H24N2O. The fraction of sp³-hybridized carbons (Fsp3) is 0.533. The molecule has 0 aliphatic heterocycles. The zero-order chi connectivity index (χ0) is 13.6. The van der Waals surface area contributed by atoms with Gasteiger partial charge in [-0.15, -0.1) is 0 Å². The van der Waals surface area contributed by atoms with Crippen LogP contribution < -0.4 is 10.6 Å². The molecule has 0 spiro atoms. The van der Waals surface area contributed by atoms with E-state index in [-0.39, 0.29) is 17.6 Å². The van der Waals surface area contributed by atoms with Gasteiger partial charge in [0.2, 0.25) is 0 Å². The van der Waals surface area contributed by atoms with Crippen LogP contribution >= 0.6 is 0 Å². The Bertz CT molecular complexity index is 373. The maximum Gasteiger partial charge on any atom is 0.315 e. The second kappa shape index (κ2) is 6.43. The number of urea groups is 1. The number of rotatable bonds is 5. The third-order valence-electron chi connectivity index (χ3n) is 2.93. The maximum atomic E-state index is 11.8. The Kier molecular flexibility index (Phi) is 5.20. The monoisotopic (exact) mass is 248 g/mol. The molecule has 1 unspecified atom stereocenters. The van der Waals surface area contributed by atoms with Crippen molar-refractivity contribution in [1.29, 1.82) is 0 Å². The number of nitrogens with one attached hydrogen (secondary N) is 2. The highest BCUT2D eigenvalue weighted by atomic mass is 16.2. The van der Waals surface area contributed by atoms with Crippen LogP contribution in [-0.2, 0) is 6.42 Å². The molecule has 0 aromatic heterocycles. The van der Waals surface area contributed by atoms with Gasteiger partial charge >= 0.3 is 6.03 Å². The molecular weight excluding hydrogens is 224 g/mol. The molecule has 2 N–H and O–H groups in total. The Labute approximate surface area is 110 Å². The summed E-state index contributed by atoms with van der Waals surface area (Å²) in [5, 5.41) is 5.94. The normalized spacial score (nSPS) is 12.9. The summed E-state index contributed by atoms with van der Waals surface area (Å²) in [7, 11) is 0. The molecule has 0 radical (unpaired) electrons. The average molecular weight is 248 g/mol. The second-order valence-electron chi connectivity index (χ2n) is 5.45. The Morgan fingerprint density at radius 3 is 2.44 bits per heavy atom. The SMILES string of the molecule is CCC(C)NC(=O)NC(C)(C)Cc1ccccc1. The Morgan fingerprint density at radius 2 is 1.89 bits per heavy atom. The molecule has 1 atom stereocenters. The van der Waals surface area contributed by atoms with Gasteiger partial charge in [-0.3, -0.25) is 0 Å². The van der Waals surface area contributed by atoms with Crippen molar-refractivity contribution in [3.8, 4) is 0 Å². The van der Waals surface area contributed by atoms with E-state index >= 15 is 0 Å². The smallest absolute Gasteiger partial charge is 0.315 e. The van der Waals surface area contributed by atoms with Crippen LogP contribution in [0, 0.1) is 0 Å². The molecule has 2 amide bonds. The van der Waals surface area contributed by atoms with Gasteiger partial charge in [0, 0.05) is 11.6 Å². The zero-order valence-corrected chi connectivity index (χ0v) is 11.8. The average Bonchev–Trinajstić information content (AvgIpc) is 2.28. The van der Waals surface area contributed by atoms with Crippen LogP contribution in [-0.4, -0.2) is 17.6 Å². The molecule has 1 aromatic carbocycles. The van der Waals surface area contributed by atoms with Gasteiger partial charge in [-0.2, -0.15) is 0 Å². The Hall–Kier alpha value is -1.51. The molecule has 0 aliphatic carbocycles. The first-order chi connectivity index (χ1) is 8.43. The molecule has 1 rings (SSSR count). The first kappa shape index (κ1) is 14.6. The summed E-state index contributed by atoms with van der Waals surface area (Å²) in [6.07, 6.45) is 1.76. The van der Waals surface area contributed by atoms with Crippen LogP contribution in [0.2, 0.25) is 0 Å². The van der Waals surface area contributed by atoms with E-state index in [9.17, 15) is 4.79 Å². The largest absolute Gasteiger partial charge is 0.336 e. The van der Waals surface area contributed by atoms with E-state index in [2.05, 4.69) is 29.7 Å². The second-order valence-corrected chi connectivity index (χ2v) is 5.45. The molecule has 0 fully saturated rings. The summed E-state index contributed by atoms with van der Waals surface area (Å²) in [6, 6.07) is 10.3. The van der Waals surface area contributed by atoms with Gasteiger partial charge in [0.15, 0.2) is 0 Å². The standard InChI is InChI=1S/C15H24N2O/c1-5-12(2)16-14(18)17-15(3,4)11-13-9-7-6-8-10-13/h6-10,12H,5,11H2,1-4H3,(H2,16,17,18). The first-order valence-electron chi connectivity index (χ1n) is 6.55. The molecule has 0 bridgehead atoms. The summed E-state index contributed by atoms with van der Waals surface area (Å²) in [5.74, 6) is 0. The summed E-state index contributed by atoms with van der Waals surface area (Å²) in [5.41, 5.74) is 0.977. The summed E-state index contributed by atoms with van der Waals surface area (Å²) >= 11 is 0. The van der Waals surface area contributed by atoms with Crippen LogP contribution in [0.15, 0.2) is 30.3 Å². The molecule has 0 saturated heterocycles. The summed E-state index contributed by atoms with van der Waals surface area (Å²) in [6.45, 7) is 8.14. The number of benzene rings is 1. The third-order valence-corrected chi connectivity index (χ3v) is 2.93. The number of carbonyl (C=O) groups is 1.